The van der Waals surface area contributed by atoms with E-state index in [2.05, 4.69) is 11.6 Å². The van der Waals surface area contributed by atoms with E-state index < -0.39 is 0 Å². The molecule has 1 heterocycles. The molecule has 3 nitrogen and oxygen atoms in total. The topological polar surface area (TPSA) is 37.5 Å². The minimum Gasteiger partial charge on any atom is -0.508 e. The number of phenols is 1. The number of hydrogen-bond donors (Lipinski definition) is 1. The summed E-state index contributed by atoms with van der Waals surface area (Å²) >= 11 is 13.8. The van der Waals surface area contributed by atoms with Crippen LogP contribution < -0.4 is 4.80 Å². The van der Waals surface area contributed by atoms with Crippen LogP contribution in [-0.4, -0.2) is 9.67 Å². The number of phenolic OH excluding ortho intramolecular Hbond substituents is 1. The summed E-state index contributed by atoms with van der Waals surface area (Å²) in [6, 6.07) is 12.3. The van der Waals surface area contributed by atoms with Gasteiger partial charge in [0.05, 0.1) is 16.4 Å². The molecular weight excluding hydrogens is 363 g/mol. The minimum atomic E-state index is 0.184. The van der Waals surface area contributed by atoms with Crippen LogP contribution in [0.2, 0.25) is 10.0 Å². The standard InChI is InChI=1S/C18H14Cl2N2OS/c1-2-8-22-17(15-7-6-12(19)9-16(15)20)11-24-18(22)21-13-4-3-5-14(23)10-13/h2-7,9-11,23H,1,8H2. The van der Waals surface area contributed by atoms with Gasteiger partial charge in [-0.15, -0.1) is 17.9 Å². The molecule has 0 saturated heterocycles. The van der Waals surface area contributed by atoms with Gasteiger partial charge in [-0.1, -0.05) is 35.3 Å². The molecule has 24 heavy (non-hydrogen) atoms. The Labute approximate surface area is 153 Å². The molecule has 1 N–H and O–H groups in total. The van der Waals surface area contributed by atoms with Crippen LogP contribution >= 0.6 is 34.5 Å². The predicted molar refractivity (Wildman–Crippen MR) is 101 cm³/mol. The zero-order chi connectivity index (χ0) is 17.1. The fourth-order valence-corrected chi connectivity index (χ4v) is 3.74. The first-order valence-corrected chi connectivity index (χ1v) is 8.80. The van der Waals surface area contributed by atoms with Crippen LogP contribution in [0.5, 0.6) is 5.75 Å². The maximum atomic E-state index is 9.60. The van der Waals surface area contributed by atoms with Crippen LogP contribution in [0.3, 0.4) is 0 Å². The minimum absolute atomic E-state index is 0.184. The summed E-state index contributed by atoms with van der Waals surface area (Å²) in [5.41, 5.74) is 2.51. The number of aromatic hydroxyl groups is 1. The van der Waals surface area contributed by atoms with E-state index in [1.54, 1.807) is 24.3 Å². The van der Waals surface area contributed by atoms with E-state index in [0.717, 1.165) is 16.1 Å². The van der Waals surface area contributed by atoms with E-state index in [0.29, 0.717) is 22.3 Å². The third-order valence-electron chi connectivity index (χ3n) is 3.37. The van der Waals surface area contributed by atoms with E-state index in [-0.39, 0.29) is 5.75 Å². The first kappa shape index (κ1) is 16.8. The molecule has 0 fully saturated rings. The van der Waals surface area contributed by atoms with Gasteiger partial charge in [-0.2, -0.15) is 0 Å². The number of aromatic nitrogens is 1. The molecule has 0 aliphatic heterocycles. The first-order chi connectivity index (χ1) is 11.6. The summed E-state index contributed by atoms with van der Waals surface area (Å²) in [5, 5.41) is 12.8. The van der Waals surface area contributed by atoms with Gasteiger partial charge in [0.15, 0.2) is 4.80 Å². The van der Waals surface area contributed by atoms with Gasteiger partial charge in [0, 0.05) is 28.6 Å². The fourth-order valence-electron chi connectivity index (χ4n) is 2.31. The lowest BCUT2D eigenvalue weighted by atomic mass is 10.1. The number of hydrogen-bond acceptors (Lipinski definition) is 3. The van der Waals surface area contributed by atoms with Crippen molar-refractivity contribution in [2.24, 2.45) is 4.99 Å². The molecule has 3 rings (SSSR count). The largest absolute Gasteiger partial charge is 0.508 e. The zero-order valence-electron chi connectivity index (χ0n) is 12.6. The molecule has 0 saturated carbocycles. The molecule has 0 amide bonds. The molecule has 0 spiro atoms. The van der Waals surface area contributed by atoms with Crippen LogP contribution in [0.15, 0.2) is 65.5 Å². The van der Waals surface area contributed by atoms with Crippen molar-refractivity contribution in [3.05, 3.63) is 75.3 Å². The fraction of sp³-hybridized carbons (Fsp3) is 0.0556. The summed E-state index contributed by atoms with van der Waals surface area (Å²) in [5.74, 6) is 0.184. The van der Waals surface area contributed by atoms with Crippen molar-refractivity contribution in [2.75, 3.05) is 0 Å². The maximum absolute atomic E-state index is 9.60. The Balaban J connectivity index is 2.16. The highest BCUT2D eigenvalue weighted by Gasteiger charge is 2.11. The molecule has 1 aromatic heterocycles. The number of allylic oxidation sites excluding steroid dienone is 1. The summed E-state index contributed by atoms with van der Waals surface area (Å²) in [4.78, 5) is 5.41. The summed E-state index contributed by atoms with van der Waals surface area (Å²) in [7, 11) is 0. The molecule has 0 aliphatic rings. The van der Waals surface area contributed by atoms with E-state index in [9.17, 15) is 5.11 Å². The number of halogens is 2. The van der Waals surface area contributed by atoms with Gasteiger partial charge in [0.2, 0.25) is 0 Å². The molecule has 122 valence electrons. The lowest BCUT2D eigenvalue weighted by Gasteiger charge is -2.08. The Bertz CT molecular complexity index is 960. The Hall–Kier alpha value is -2.01. The quantitative estimate of drug-likeness (QED) is 0.587. The van der Waals surface area contributed by atoms with Crippen molar-refractivity contribution in [2.45, 2.75) is 6.54 Å². The Morgan fingerprint density at radius 2 is 2.04 bits per heavy atom. The monoisotopic (exact) mass is 376 g/mol. The Morgan fingerprint density at radius 1 is 1.21 bits per heavy atom. The van der Waals surface area contributed by atoms with Crippen LogP contribution in [0.1, 0.15) is 0 Å². The molecule has 2 aromatic carbocycles. The van der Waals surface area contributed by atoms with Crippen molar-refractivity contribution < 1.29 is 5.11 Å². The second-order valence-electron chi connectivity index (χ2n) is 5.06. The van der Waals surface area contributed by atoms with Gasteiger partial charge >= 0.3 is 0 Å². The summed E-state index contributed by atoms with van der Waals surface area (Å²) in [6.07, 6.45) is 1.81. The van der Waals surface area contributed by atoms with Crippen LogP contribution in [0.25, 0.3) is 11.3 Å². The molecule has 0 aliphatic carbocycles. The van der Waals surface area contributed by atoms with Crippen molar-refractivity contribution in [3.63, 3.8) is 0 Å². The molecule has 0 unspecified atom stereocenters. The summed E-state index contributed by atoms with van der Waals surface area (Å²) < 4.78 is 2.02. The highest BCUT2D eigenvalue weighted by atomic mass is 35.5. The second kappa shape index (κ2) is 7.26. The highest BCUT2D eigenvalue weighted by molar-refractivity contribution is 7.07. The second-order valence-corrected chi connectivity index (χ2v) is 6.74. The first-order valence-electron chi connectivity index (χ1n) is 7.17. The van der Waals surface area contributed by atoms with Gasteiger partial charge in [-0.05, 0) is 30.3 Å². The van der Waals surface area contributed by atoms with Crippen LogP contribution in [0, 0.1) is 0 Å². The SMILES string of the molecule is C=CCn1c(-c2ccc(Cl)cc2Cl)csc1=Nc1cccc(O)c1. The van der Waals surface area contributed by atoms with Gasteiger partial charge < -0.3 is 9.67 Å². The normalized spacial score (nSPS) is 11.7. The van der Waals surface area contributed by atoms with E-state index in [1.165, 1.54) is 11.3 Å². The number of thiazole rings is 1. The molecule has 0 atom stereocenters. The van der Waals surface area contributed by atoms with Crippen LogP contribution in [0.4, 0.5) is 5.69 Å². The zero-order valence-corrected chi connectivity index (χ0v) is 14.9. The van der Waals surface area contributed by atoms with E-state index in [4.69, 9.17) is 23.2 Å². The third kappa shape index (κ3) is 3.56. The average molecular weight is 377 g/mol. The van der Waals surface area contributed by atoms with Crippen molar-refractivity contribution in [1.29, 1.82) is 0 Å². The van der Waals surface area contributed by atoms with Gasteiger partial charge in [0.1, 0.15) is 5.75 Å². The Kier molecular flexibility index (Phi) is 5.09. The van der Waals surface area contributed by atoms with Crippen molar-refractivity contribution in [1.82, 2.24) is 4.57 Å². The predicted octanol–water partition coefficient (Wildman–Crippen LogP) is 5.65. The smallest absolute Gasteiger partial charge is 0.190 e. The van der Waals surface area contributed by atoms with Crippen LogP contribution in [-0.2, 0) is 6.54 Å². The average Bonchev–Trinajstić information content (AvgIpc) is 2.91. The van der Waals surface area contributed by atoms with Crippen molar-refractivity contribution in [3.8, 4) is 17.0 Å². The number of nitrogens with zero attached hydrogens (tertiary/aromatic N) is 2. The van der Waals surface area contributed by atoms with Gasteiger partial charge in [-0.25, -0.2) is 4.99 Å². The third-order valence-corrected chi connectivity index (χ3v) is 4.78. The Morgan fingerprint density at radius 3 is 2.75 bits per heavy atom. The van der Waals surface area contributed by atoms with Crippen molar-refractivity contribution >= 4 is 40.2 Å². The number of benzene rings is 2. The molecule has 6 heteroatoms. The summed E-state index contributed by atoms with van der Waals surface area (Å²) in [6.45, 7) is 4.41. The lowest BCUT2D eigenvalue weighted by Crippen LogP contribution is -2.14. The molecule has 0 bridgehead atoms. The van der Waals surface area contributed by atoms with E-state index >= 15 is 0 Å². The molecular formula is C18H14Cl2N2OS. The maximum Gasteiger partial charge on any atom is 0.190 e. The van der Waals surface area contributed by atoms with Gasteiger partial charge in [-0.3, -0.25) is 0 Å². The van der Waals surface area contributed by atoms with E-state index in [1.807, 2.05) is 34.2 Å². The molecule has 0 radical (unpaired) electrons. The molecule has 3 aromatic rings. The lowest BCUT2D eigenvalue weighted by molar-refractivity contribution is 0.475. The van der Waals surface area contributed by atoms with Gasteiger partial charge in [0.25, 0.3) is 0 Å². The highest BCUT2D eigenvalue weighted by Crippen LogP contribution is 2.31. The number of rotatable bonds is 4.